The van der Waals surface area contributed by atoms with Crippen LogP contribution in [0, 0.1) is 12.8 Å². The number of nitrogens with one attached hydrogen (secondary N) is 3. The fourth-order valence-electron chi connectivity index (χ4n) is 2.92. The number of hydrogen-bond acceptors (Lipinski definition) is 3. The highest BCUT2D eigenvalue weighted by molar-refractivity contribution is 6.02. The van der Waals surface area contributed by atoms with E-state index in [1.54, 1.807) is 36.4 Å². The molecule has 29 heavy (non-hydrogen) atoms. The molecule has 0 aromatic heterocycles. The van der Waals surface area contributed by atoms with E-state index in [9.17, 15) is 14.4 Å². The molecule has 0 aliphatic heterocycles. The molecule has 3 amide bonds. The van der Waals surface area contributed by atoms with Crippen molar-refractivity contribution in [3.8, 4) is 0 Å². The molecule has 0 bridgehead atoms. The molecule has 0 spiro atoms. The topological polar surface area (TPSA) is 87.3 Å². The Morgan fingerprint density at radius 1 is 0.931 bits per heavy atom. The maximum Gasteiger partial charge on any atom is 0.251 e. The van der Waals surface area contributed by atoms with Crippen molar-refractivity contribution in [3.05, 3.63) is 65.2 Å². The molecular weight excluding hydrogens is 366 g/mol. The minimum atomic E-state index is -0.701. The molecule has 2 aromatic rings. The Hall–Kier alpha value is -3.15. The van der Waals surface area contributed by atoms with Crippen molar-refractivity contribution in [2.24, 2.45) is 5.92 Å². The van der Waals surface area contributed by atoms with Gasteiger partial charge in [0.1, 0.15) is 6.04 Å². The van der Waals surface area contributed by atoms with Gasteiger partial charge in [0.15, 0.2) is 0 Å². The van der Waals surface area contributed by atoms with Gasteiger partial charge in [-0.1, -0.05) is 37.6 Å². The van der Waals surface area contributed by atoms with Gasteiger partial charge in [-0.15, -0.1) is 0 Å². The lowest BCUT2D eigenvalue weighted by atomic mass is 10.0. The third kappa shape index (κ3) is 5.67. The molecule has 1 aliphatic carbocycles. The van der Waals surface area contributed by atoms with Crippen LogP contribution in [0.1, 0.15) is 53.0 Å². The monoisotopic (exact) mass is 393 g/mol. The van der Waals surface area contributed by atoms with Crippen LogP contribution in [0.4, 0.5) is 5.69 Å². The molecule has 1 aliphatic rings. The van der Waals surface area contributed by atoms with E-state index in [1.165, 1.54) is 0 Å². The number of hydrogen-bond donors (Lipinski definition) is 3. The molecule has 1 saturated carbocycles. The zero-order chi connectivity index (χ0) is 21.0. The van der Waals surface area contributed by atoms with Crippen molar-refractivity contribution in [2.75, 3.05) is 5.32 Å². The number of benzene rings is 2. The Bertz CT molecular complexity index is 902. The van der Waals surface area contributed by atoms with Crippen LogP contribution in [-0.4, -0.2) is 29.8 Å². The lowest BCUT2D eigenvalue weighted by Crippen LogP contribution is -2.47. The van der Waals surface area contributed by atoms with Crippen LogP contribution >= 0.6 is 0 Å². The Balaban J connectivity index is 1.67. The van der Waals surface area contributed by atoms with E-state index in [4.69, 9.17) is 0 Å². The third-order valence-corrected chi connectivity index (χ3v) is 4.85. The summed E-state index contributed by atoms with van der Waals surface area (Å²) in [7, 11) is 0. The summed E-state index contributed by atoms with van der Waals surface area (Å²) in [6.45, 7) is 5.70. The molecule has 3 rings (SSSR count). The predicted octanol–water partition coefficient (Wildman–Crippen LogP) is 3.28. The molecule has 0 heterocycles. The van der Waals surface area contributed by atoms with E-state index in [0.717, 1.165) is 18.4 Å². The van der Waals surface area contributed by atoms with E-state index in [2.05, 4.69) is 16.0 Å². The van der Waals surface area contributed by atoms with E-state index in [1.807, 2.05) is 32.9 Å². The quantitative estimate of drug-likeness (QED) is 0.675. The zero-order valence-electron chi connectivity index (χ0n) is 17.0. The van der Waals surface area contributed by atoms with Crippen molar-refractivity contribution in [3.63, 3.8) is 0 Å². The van der Waals surface area contributed by atoms with Gasteiger partial charge in [-0.3, -0.25) is 14.4 Å². The summed E-state index contributed by atoms with van der Waals surface area (Å²) < 4.78 is 0. The summed E-state index contributed by atoms with van der Waals surface area (Å²) in [5.41, 5.74) is 2.59. The van der Waals surface area contributed by atoms with Crippen LogP contribution in [0.3, 0.4) is 0 Å². The van der Waals surface area contributed by atoms with Gasteiger partial charge >= 0.3 is 0 Å². The molecule has 2 aromatic carbocycles. The molecule has 6 heteroatoms. The first-order chi connectivity index (χ1) is 13.8. The molecule has 0 saturated heterocycles. The van der Waals surface area contributed by atoms with Crippen molar-refractivity contribution >= 4 is 23.4 Å². The minimum absolute atomic E-state index is 0.106. The second kappa shape index (κ2) is 8.90. The van der Waals surface area contributed by atoms with Crippen LogP contribution < -0.4 is 16.0 Å². The number of amides is 3. The molecule has 1 fully saturated rings. The van der Waals surface area contributed by atoms with Crippen LogP contribution in [-0.2, 0) is 4.79 Å². The standard InChI is InChI=1S/C23H27N3O3/c1-14(2)20(26-21(27)16-9-7-15(3)8-10-16)23(29)25-19-6-4-5-17(13-19)22(28)24-18-11-12-18/h4-10,13-14,18,20H,11-12H2,1-3H3,(H,24,28)(H,25,29)(H,26,27). The molecule has 6 nitrogen and oxygen atoms in total. The first-order valence-electron chi connectivity index (χ1n) is 9.93. The van der Waals surface area contributed by atoms with Gasteiger partial charge in [0.2, 0.25) is 5.91 Å². The summed E-state index contributed by atoms with van der Waals surface area (Å²) in [6, 6.07) is 13.6. The van der Waals surface area contributed by atoms with Crippen LogP contribution in [0.2, 0.25) is 0 Å². The Morgan fingerprint density at radius 3 is 2.24 bits per heavy atom. The number of carbonyl (C=O) groups excluding carboxylic acids is 3. The van der Waals surface area contributed by atoms with E-state index >= 15 is 0 Å². The van der Waals surface area contributed by atoms with E-state index in [-0.39, 0.29) is 29.7 Å². The maximum absolute atomic E-state index is 12.8. The summed E-state index contributed by atoms with van der Waals surface area (Å²) in [4.78, 5) is 37.6. The fourth-order valence-corrected chi connectivity index (χ4v) is 2.92. The normalized spacial score (nSPS) is 14.2. The zero-order valence-corrected chi connectivity index (χ0v) is 17.0. The van der Waals surface area contributed by atoms with Gasteiger partial charge in [-0.05, 0) is 56.0 Å². The molecular formula is C23H27N3O3. The van der Waals surface area contributed by atoms with E-state index in [0.29, 0.717) is 16.8 Å². The van der Waals surface area contributed by atoms with Gasteiger partial charge in [-0.25, -0.2) is 0 Å². The largest absolute Gasteiger partial charge is 0.349 e. The smallest absolute Gasteiger partial charge is 0.251 e. The molecule has 1 atom stereocenters. The maximum atomic E-state index is 12.8. The number of carbonyl (C=O) groups is 3. The average molecular weight is 393 g/mol. The third-order valence-electron chi connectivity index (χ3n) is 4.85. The lowest BCUT2D eigenvalue weighted by Gasteiger charge is -2.22. The highest BCUT2D eigenvalue weighted by Gasteiger charge is 2.26. The van der Waals surface area contributed by atoms with E-state index < -0.39 is 6.04 Å². The summed E-state index contributed by atoms with van der Waals surface area (Å²) in [5.74, 6) is -0.862. The SMILES string of the molecule is Cc1ccc(C(=O)NC(C(=O)Nc2cccc(C(=O)NC3CC3)c2)C(C)C)cc1. The van der Waals surface area contributed by atoms with Crippen LogP contribution in [0.15, 0.2) is 48.5 Å². The molecule has 0 radical (unpaired) electrons. The number of anilines is 1. The minimum Gasteiger partial charge on any atom is -0.349 e. The van der Waals surface area contributed by atoms with Gasteiger partial charge in [0, 0.05) is 22.9 Å². The summed E-state index contributed by atoms with van der Waals surface area (Å²) in [6.07, 6.45) is 2.03. The first kappa shape index (κ1) is 20.6. The Labute approximate surface area is 171 Å². The molecule has 3 N–H and O–H groups in total. The number of aryl methyl sites for hydroxylation is 1. The highest BCUT2D eigenvalue weighted by atomic mass is 16.2. The second-order valence-electron chi connectivity index (χ2n) is 7.88. The fraction of sp³-hybridized carbons (Fsp3) is 0.348. The van der Waals surface area contributed by atoms with Crippen LogP contribution in [0.25, 0.3) is 0 Å². The predicted molar refractivity (Wildman–Crippen MR) is 113 cm³/mol. The lowest BCUT2D eigenvalue weighted by molar-refractivity contribution is -0.118. The summed E-state index contributed by atoms with van der Waals surface area (Å²) >= 11 is 0. The highest BCUT2D eigenvalue weighted by Crippen LogP contribution is 2.20. The molecule has 1 unspecified atom stereocenters. The summed E-state index contributed by atoms with van der Waals surface area (Å²) in [5, 5.41) is 8.56. The Morgan fingerprint density at radius 2 is 1.62 bits per heavy atom. The average Bonchev–Trinajstić information content (AvgIpc) is 3.50. The number of rotatable bonds is 7. The van der Waals surface area contributed by atoms with Crippen molar-refractivity contribution in [2.45, 2.75) is 45.7 Å². The molecule has 152 valence electrons. The van der Waals surface area contributed by atoms with Gasteiger partial charge in [-0.2, -0.15) is 0 Å². The van der Waals surface area contributed by atoms with Gasteiger partial charge in [0.05, 0.1) is 0 Å². The van der Waals surface area contributed by atoms with Crippen molar-refractivity contribution < 1.29 is 14.4 Å². The second-order valence-corrected chi connectivity index (χ2v) is 7.88. The Kier molecular flexibility index (Phi) is 6.32. The van der Waals surface area contributed by atoms with Gasteiger partial charge < -0.3 is 16.0 Å². The van der Waals surface area contributed by atoms with Crippen LogP contribution in [0.5, 0.6) is 0 Å². The first-order valence-corrected chi connectivity index (χ1v) is 9.93. The van der Waals surface area contributed by atoms with Gasteiger partial charge in [0.25, 0.3) is 11.8 Å². The van der Waals surface area contributed by atoms with Crippen molar-refractivity contribution in [1.29, 1.82) is 0 Å². The van der Waals surface area contributed by atoms with Crippen molar-refractivity contribution in [1.82, 2.24) is 10.6 Å².